The molecule has 0 aliphatic heterocycles. The molecule has 1 heterocycles. The minimum Gasteiger partial charge on any atom is -0.299 e. The van der Waals surface area contributed by atoms with Crippen molar-refractivity contribution < 1.29 is 4.79 Å². The highest BCUT2D eigenvalue weighted by atomic mass is 32.1. The number of fused-ring (bicyclic) bond motifs is 1. The fourth-order valence-electron chi connectivity index (χ4n) is 2.65. The summed E-state index contributed by atoms with van der Waals surface area (Å²) in [5.41, 5.74) is 5.25. The van der Waals surface area contributed by atoms with Crippen LogP contribution in [0, 0.1) is 0 Å². The molecule has 1 aromatic carbocycles. The van der Waals surface area contributed by atoms with E-state index in [2.05, 4.69) is 23.6 Å². The molecule has 18 heavy (non-hydrogen) atoms. The summed E-state index contributed by atoms with van der Waals surface area (Å²) >= 11 is 1.65. The van der Waals surface area contributed by atoms with Crippen LogP contribution in [-0.2, 0) is 30.5 Å². The summed E-state index contributed by atoms with van der Waals surface area (Å²) in [5.74, 6) is 0.311. The molecule has 1 aliphatic rings. The van der Waals surface area contributed by atoms with Gasteiger partial charge in [-0.15, -0.1) is 0 Å². The van der Waals surface area contributed by atoms with Gasteiger partial charge in [-0.05, 0) is 58.3 Å². The van der Waals surface area contributed by atoms with Gasteiger partial charge >= 0.3 is 0 Å². The van der Waals surface area contributed by atoms with Crippen LogP contribution in [0.1, 0.15) is 28.7 Å². The van der Waals surface area contributed by atoms with Crippen LogP contribution in [0.25, 0.3) is 0 Å². The molecule has 2 aromatic rings. The standard InChI is InChI=1S/C16H16OS/c17-16(10-13-6-7-18-11-13)9-12-4-5-14-2-1-3-15(14)8-12/h4-8,11H,1-3,9-10H2. The molecule has 1 aliphatic carbocycles. The van der Waals surface area contributed by atoms with Crippen LogP contribution in [0.5, 0.6) is 0 Å². The molecule has 0 atom stereocenters. The summed E-state index contributed by atoms with van der Waals surface area (Å²) in [4.78, 5) is 12.0. The van der Waals surface area contributed by atoms with Gasteiger partial charge in [-0.3, -0.25) is 4.79 Å². The molecule has 0 spiro atoms. The molecule has 0 amide bonds. The number of hydrogen-bond donors (Lipinski definition) is 0. The van der Waals surface area contributed by atoms with Crippen molar-refractivity contribution in [1.82, 2.24) is 0 Å². The van der Waals surface area contributed by atoms with Crippen molar-refractivity contribution in [2.75, 3.05) is 0 Å². The zero-order valence-corrected chi connectivity index (χ0v) is 11.1. The van der Waals surface area contributed by atoms with E-state index in [1.165, 1.54) is 36.0 Å². The molecule has 1 nitrogen and oxygen atoms in total. The molecule has 0 bridgehead atoms. The van der Waals surface area contributed by atoms with E-state index in [1.807, 2.05) is 11.4 Å². The first-order chi connectivity index (χ1) is 8.81. The second-order valence-electron chi connectivity index (χ2n) is 4.98. The lowest BCUT2D eigenvalue weighted by atomic mass is 10.0. The van der Waals surface area contributed by atoms with E-state index >= 15 is 0 Å². The lowest BCUT2D eigenvalue weighted by Gasteiger charge is -2.04. The number of aryl methyl sites for hydroxylation is 2. The average molecular weight is 256 g/mol. The molecule has 0 unspecified atom stereocenters. The maximum Gasteiger partial charge on any atom is 0.141 e. The number of hydrogen-bond acceptors (Lipinski definition) is 2. The van der Waals surface area contributed by atoms with Gasteiger partial charge in [0.05, 0.1) is 0 Å². The molecule has 92 valence electrons. The normalized spacial score (nSPS) is 13.6. The molecule has 0 saturated carbocycles. The molecule has 3 rings (SSSR count). The van der Waals surface area contributed by atoms with E-state index in [1.54, 1.807) is 11.3 Å². The van der Waals surface area contributed by atoms with E-state index in [9.17, 15) is 4.79 Å². The van der Waals surface area contributed by atoms with Gasteiger partial charge in [0, 0.05) is 12.8 Å². The van der Waals surface area contributed by atoms with E-state index in [-0.39, 0.29) is 0 Å². The van der Waals surface area contributed by atoms with Crippen molar-refractivity contribution in [3.63, 3.8) is 0 Å². The van der Waals surface area contributed by atoms with Crippen LogP contribution in [-0.4, -0.2) is 5.78 Å². The van der Waals surface area contributed by atoms with Crippen molar-refractivity contribution >= 4 is 17.1 Å². The van der Waals surface area contributed by atoms with Crippen LogP contribution >= 0.6 is 11.3 Å². The number of carbonyl (C=O) groups excluding carboxylic acids is 1. The third-order valence-corrected chi connectivity index (χ3v) is 4.28. The molecule has 0 fully saturated rings. The van der Waals surface area contributed by atoms with Gasteiger partial charge < -0.3 is 0 Å². The van der Waals surface area contributed by atoms with Crippen molar-refractivity contribution in [2.45, 2.75) is 32.1 Å². The van der Waals surface area contributed by atoms with E-state index in [0.29, 0.717) is 18.6 Å². The number of benzene rings is 1. The van der Waals surface area contributed by atoms with Crippen LogP contribution < -0.4 is 0 Å². The Labute approximate surface area is 111 Å². The van der Waals surface area contributed by atoms with Crippen molar-refractivity contribution in [2.24, 2.45) is 0 Å². The Balaban J connectivity index is 1.67. The van der Waals surface area contributed by atoms with E-state index in [4.69, 9.17) is 0 Å². The van der Waals surface area contributed by atoms with Gasteiger partial charge in [0.25, 0.3) is 0 Å². The summed E-state index contributed by atoms with van der Waals surface area (Å²) in [6, 6.07) is 8.59. The van der Waals surface area contributed by atoms with Gasteiger partial charge in [0.15, 0.2) is 0 Å². The minimum absolute atomic E-state index is 0.311. The molecule has 0 radical (unpaired) electrons. The lowest BCUT2D eigenvalue weighted by molar-refractivity contribution is -0.117. The number of Topliss-reactive ketones (excluding diaryl/α,β-unsaturated/α-hetero) is 1. The maximum atomic E-state index is 12.0. The fraction of sp³-hybridized carbons (Fsp3) is 0.312. The van der Waals surface area contributed by atoms with Crippen molar-refractivity contribution in [1.29, 1.82) is 0 Å². The monoisotopic (exact) mass is 256 g/mol. The highest BCUT2D eigenvalue weighted by Gasteiger charge is 2.12. The van der Waals surface area contributed by atoms with E-state index < -0.39 is 0 Å². The topological polar surface area (TPSA) is 17.1 Å². The lowest BCUT2D eigenvalue weighted by Crippen LogP contribution is -2.06. The second-order valence-corrected chi connectivity index (χ2v) is 5.76. The summed E-state index contributed by atoms with van der Waals surface area (Å²) in [5, 5.41) is 4.08. The first-order valence-corrected chi connectivity index (χ1v) is 7.39. The van der Waals surface area contributed by atoms with E-state index in [0.717, 1.165) is 5.56 Å². The van der Waals surface area contributed by atoms with Gasteiger partial charge in [0.2, 0.25) is 0 Å². The third-order valence-electron chi connectivity index (χ3n) is 3.55. The first-order valence-electron chi connectivity index (χ1n) is 6.45. The highest BCUT2D eigenvalue weighted by Crippen LogP contribution is 2.23. The fourth-order valence-corrected chi connectivity index (χ4v) is 3.31. The summed E-state index contributed by atoms with van der Waals surface area (Å²) in [6.45, 7) is 0. The molecular formula is C16H16OS. The second kappa shape index (κ2) is 5.07. The molecule has 2 heteroatoms. The maximum absolute atomic E-state index is 12.0. The molecule has 0 saturated heterocycles. The van der Waals surface area contributed by atoms with Crippen LogP contribution in [0.2, 0.25) is 0 Å². The van der Waals surface area contributed by atoms with Crippen LogP contribution in [0.4, 0.5) is 0 Å². The number of rotatable bonds is 4. The first kappa shape index (κ1) is 11.7. The summed E-state index contributed by atoms with van der Waals surface area (Å²) < 4.78 is 0. The number of thiophene rings is 1. The Morgan fingerprint density at radius 2 is 1.89 bits per heavy atom. The zero-order valence-electron chi connectivity index (χ0n) is 10.3. The van der Waals surface area contributed by atoms with Gasteiger partial charge in [-0.2, -0.15) is 11.3 Å². The zero-order chi connectivity index (χ0) is 12.4. The van der Waals surface area contributed by atoms with Crippen LogP contribution in [0.3, 0.4) is 0 Å². The summed E-state index contributed by atoms with van der Waals surface area (Å²) in [7, 11) is 0. The SMILES string of the molecule is O=C(Cc1ccsc1)Cc1ccc2c(c1)CCC2. The average Bonchev–Trinajstić information content (AvgIpc) is 2.98. The Morgan fingerprint density at radius 1 is 1.06 bits per heavy atom. The highest BCUT2D eigenvalue weighted by molar-refractivity contribution is 7.07. The Morgan fingerprint density at radius 3 is 2.72 bits per heavy atom. The number of ketones is 1. The van der Waals surface area contributed by atoms with Crippen molar-refractivity contribution in [3.05, 3.63) is 57.3 Å². The predicted octanol–water partition coefficient (Wildman–Crippen LogP) is 3.59. The largest absolute Gasteiger partial charge is 0.299 e. The number of carbonyl (C=O) groups is 1. The Hall–Kier alpha value is -1.41. The Kier molecular flexibility index (Phi) is 3.28. The van der Waals surface area contributed by atoms with Gasteiger partial charge in [0.1, 0.15) is 5.78 Å². The van der Waals surface area contributed by atoms with Crippen molar-refractivity contribution in [3.8, 4) is 0 Å². The minimum atomic E-state index is 0.311. The third kappa shape index (κ3) is 2.54. The van der Waals surface area contributed by atoms with Gasteiger partial charge in [-0.1, -0.05) is 18.2 Å². The van der Waals surface area contributed by atoms with Gasteiger partial charge in [-0.25, -0.2) is 0 Å². The predicted molar refractivity (Wildman–Crippen MR) is 75.2 cm³/mol. The smallest absolute Gasteiger partial charge is 0.141 e. The Bertz CT molecular complexity index is 554. The molecule has 1 aromatic heterocycles. The molecule has 0 N–H and O–H groups in total. The quantitative estimate of drug-likeness (QED) is 0.817. The summed E-state index contributed by atoms with van der Waals surface area (Å²) in [6.07, 6.45) is 4.80. The van der Waals surface area contributed by atoms with Crippen LogP contribution in [0.15, 0.2) is 35.0 Å². The molecular weight excluding hydrogens is 240 g/mol.